The maximum Gasteiger partial charge on any atom is 0.124 e. The minimum absolute atomic E-state index is 0.560. The number of methoxy groups -OCH3 is 2. The summed E-state index contributed by atoms with van der Waals surface area (Å²) in [7, 11) is 7.32. The van der Waals surface area contributed by atoms with E-state index in [1.807, 2.05) is 39.2 Å². The van der Waals surface area contributed by atoms with Crippen LogP contribution < -0.4 is 15.2 Å². The van der Waals surface area contributed by atoms with Gasteiger partial charge in [-0.05, 0) is 45.6 Å². The van der Waals surface area contributed by atoms with Crippen molar-refractivity contribution in [2.24, 2.45) is 5.73 Å². The lowest BCUT2D eigenvalue weighted by Gasteiger charge is -2.34. The third kappa shape index (κ3) is 3.99. The molecule has 0 aliphatic heterocycles. The van der Waals surface area contributed by atoms with E-state index in [1.165, 1.54) is 0 Å². The lowest BCUT2D eigenvalue weighted by Crippen LogP contribution is -2.46. The number of rotatable bonds is 7. The first-order chi connectivity index (χ1) is 9.32. The molecule has 0 amide bonds. The van der Waals surface area contributed by atoms with E-state index in [-0.39, 0.29) is 0 Å². The Bertz CT molecular complexity index is 472. The van der Waals surface area contributed by atoms with Crippen LogP contribution in [0.15, 0.2) is 30.4 Å². The predicted molar refractivity (Wildman–Crippen MR) is 83.4 cm³/mol. The van der Waals surface area contributed by atoms with E-state index in [9.17, 15) is 0 Å². The number of benzene rings is 1. The van der Waals surface area contributed by atoms with Gasteiger partial charge in [0, 0.05) is 12.1 Å². The molecule has 4 nitrogen and oxygen atoms in total. The smallest absolute Gasteiger partial charge is 0.124 e. The summed E-state index contributed by atoms with van der Waals surface area (Å²) in [6.07, 6.45) is 0.689. The van der Waals surface area contributed by atoms with Gasteiger partial charge >= 0.3 is 0 Å². The number of hydrogen-bond donors (Lipinski definition) is 1. The Labute approximate surface area is 122 Å². The maximum atomic E-state index is 6.68. The third-order valence-electron chi connectivity index (χ3n) is 3.16. The van der Waals surface area contributed by atoms with Crippen LogP contribution in [0.4, 0.5) is 0 Å². The highest BCUT2D eigenvalue weighted by atomic mass is 16.5. The molecule has 1 aromatic carbocycles. The van der Waals surface area contributed by atoms with Crippen LogP contribution in [0.5, 0.6) is 11.5 Å². The molecule has 0 aliphatic carbocycles. The summed E-state index contributed by atoms with van der Waals surface area (Å²) < 4.78 is 10.8. The minimum Gasteiger partial charge on any atom is -0.497 e. The summed E-state index contributed by atoms with van der Waals surface area (Å²) >= 11 is 0. The number of nitrogens with two attached hydrogens (primary N) is 1. The standard InChI is InChI=1S/C16H26N2O2/c1-12(2)10-16(17,11-18(3)4)14-9-13(19-5)7-8-15(14)20-6/h7-9H,1,10-11,17H2,2-6H3. The zero-order valence-electron chi connectivity index (χ0n) is 13.2. The normalized spacial score (nSPS) is 13.9. The van der Waals surface area contributed by atoms with Crippen molar-refractivity contribution in [3.8, 4) is 11.5 Å². The summed E-state index contributed by atoms with van der Waals surface area (Å²) in [5.41, 5.74) is 8.10. The highest BCUT2D eigenvalue weighted by Crippen LogP contribution is 2.35. The fourth-order valence-electron chi connectivity index (χ4n) is 2.54. The van der Waals surface area contributed by atoms with Gasteiger partial charge in [-0.3, -0.25) is 0 Å². The summed E-state index contributed by atoms with van der Waals surface area (Å²) in [5.74, 6) is 1.55. The molecule has 4 heteroatoms. The number of ether oxygens (including phenoxy) is 2. The molecular weight excluding hydrogens is 252 g/mol. The van der Waals surface area contributed by atoms with E-state index in [0.29, 0.717) is 13.0 Å². The van der Waals surface area contributed by atoms with Gasteiger partial charge in [-0.15, -0.1) is 6.58 Å². The van der Waals surface area contributed by atoms with Crippen LogP contribution in [0.2, 0.25) is 0 Å². The molecule has 1 rings (SSSR count). The summed E-state index contributed by atoms with van der Waals surface area (Å²) in [6.45, 7) is 6.69. The van der Waals surface area contributed by atoms with E-state index in [4.69, 9.17) is 15.2 Å². The van der Waals surface area contributed by atoms with Gasteiger partial charge in [0.05, 0.1) is 19.8 Å². The van der Waals surface area contributed by atoms with Gasteiger partial charge in [-0.25, -0.2) is 0 Å². The fraction of sp³-hybridized carbons (Fsp3) is 0.500. The molecule has 1 atom stereocenters. The van der Waals surface area contributed by atoms with Crippen LogP contribution in [0, 0.1) is 0 Å². The summed E-state index contributed by atoms with van der Waals surface area (Å²) in [4.78, 5) is 2.07. The van der Waals surface area contributed by atoms with Crippen LogP contribution in [0.25, 0.3) is 0 Å². The molecule has 0 spiro atoms. The van der Waals surface area contributed by atoms with Crippen LogP contribution in [0.1, 0.15) is 18.9 Å². The van der Waals surface area contributed by atoms with E-state index >= 15 is 0 Å². The number of nitrogens with zero attached hydrogens (tertiary/aromatic N) is 1. The van der Waals surface area contributed by atoms with Crippen LogP contribution in [-0.4, -0.2) is 39.8 Å². The lowest BCUT2D eigenvalue weighted by atomic mass is 9.84. The monoisotopic (exact) mass is 278 g/mol. The predicted octanol–water partition coefficient (Wildman–Crippen LogP) is 2.39. The van der Waals surface area contributed by atoms with Crippen molar-refractivity contribution in [3.63, 3.8) is 0 Å². The highest BCUT2D eigenvalue weighted by molar-refractivity contribution is 5.45. The second-order valence-electron chi connectivity index (χ2n) is 5.59. The average molecular weight is 278 g/mol. The number of hydrogen-bond acceptors (Lipinski definition) is 4. The summed E-state index contributed by atoms with van der Waals surface area (Å²) in [6, 6.07) is 5.72. The Kier molecular flexibility index (Phi) is 5.60. The molecule has 0 aliphatic rings. The Hall–Kier alpha value is -1.52. The van der Waals surface area contributed by atoms with Crippen LogP contribution in [0.3, 0.4) is 0 Å². The first-order valence-electron chi connectivity index (χ1n) is 6.63. The molecule has 0 saturated carbocycles. The van der Waals surface area contributed by atoms with Gasteiger partial charge < -0.3 is 20.1 Å². The molecule has 1 unspecified atom stereocenters. The molecule has 0 aromatic heterocycles. The fourth-order valence-corrected chi connectivity index (χ4v) is 2.54. The van der Waals surface area contributed by atoms with Crippen molar-refractivity contribution < 1.29 is 9.47 Å². The first kappa shape index (κ1) is 16.5. The van der Waals surface area contributed by atoms with Crippen molar-refractivity contribution in [1.29, 1.82) is 0 Å². The molecule has 112 valence electrons. The molecule has 2 N–H and O–H groups in total. The molecule has 1 aromatic rings. The van der Waals surface area contributed by atoms with E-state index in [2.05, 4.69) is 11.5 Å². The van der Waals surface area contributed by atoms with E-state index < -0.39 is 5.54 Å². The molecule has 0 radical (unpaired) electrons. The molecule has 20 heavy (non-hydrogen) atoms. The quantitative estimate of drug-likeness (QED) is 0.778. The molecule has 0 saturated heterocycles. The Morgan fingerprint density at radius 2 is 1.95 bits per heavy atom. The Morgan fingerprint density at radius 3 is 2.40 bits per heavy atom. The third-order valence-corrected chi connectivity index (χ3v) is 3.16. The molecule has 0 fully saturated rings. The molecular formula is C16H26N2O2. The highest BCUT2D eigenvalue weighted by Gasteiger charge is 2.31. The lowest BCUT2D eigenvalue weighted by molar-refractivity contribution is 0.274. The minimum atomic E-state index is -0.560. The Morgan fingerprint density at radius 1 is 1.30 bits per heavy atom. The topological polar surface area (TPSA) is 47.7 Å². The maximum absolute atomic E-state index is 6.68. The van der Waals surface area contributed by atoms with Crippen molar-refractivity contribution in [2.75, 3.05) is 34.9 Å². The van der Waals surface area contributed by atoms with Gasteiger partial charge in [0.2, 0.25) is 0 Å². The molecule has 0 bridgehead atoms. The zero-order valence-corrected chi connectivity index (χ0v) is 13.2. The Balaban J connectivity index is 3.34. The SMILES string of the molecule is C=C(C)CC(N)(CN(C)C)c1cc(OC)ccc1OC. The first-order valence-corrected chi connectivity index (χ1v) is 6.63. The summed E-state index contributed by atoms with van der Waals surface area (Å²) in [5, 5.41) is 0. The van der Waals surface area contributed by atoms with E-state index in [0.717, 1.165) is 22.6 Å². The average Bonchev–Trinajstić information content (AvgIpc) is 2.35. The van der Waals surface area contributed by atoms with Gasteiger partial charge in [0.25, 0.3) is 0 Å². The van der Waals surface area contributed by atoms with E-state index in [1.54, 1.807) is 14.2 Å². The second-order valence-corrected chi connectivity index (χ2v) is 5.59. The zero-order chi connectivity index (χ0) is 15.3. The van der Waals surface area contributed by atoms with Crippen molar-refractivity contribution in [2.45, 2.75) is 18.9 Å². The second kappa shape index (κ2) is 6.77. The van der Waals surface area contributed by atoms with Crippen molar-refractivity contribution in [3.05, 3.63) is 35.9 Å². The van der Waals surface area contributed by atoms with Crippen LogP contribution in [-0.2, 0) is 5.54 Å². The van der Waals surface area contributed by atoms with Gasteiger partial charge in [-0.1, -0.05) is 5.57 Å². The molecule has 0 heterocycles. The van der Waals surface area contributed by atoms with Gasteiger partial charge in [0.1, 0.15) is 11.5 Å². The largest absolute Gasteiger partial charge is 0.497 e. The van der Waals surface area contributed by atoms with Crippen molar-refractivity contribution >= 4 is 0 Å². The van der Waals surface area contributed by atoms with Crippen molar-refractivity contribution in [1.82, 2.24) is 4.90 Å². The number of likely N-dealkylation sites (N-methyl/N-ethyl adjacent to an activating group) is 1. The van der Waals surface area contributed by atoms with Gasteiger partial charge in [0.15, 0.2) is 0 Å². The van der Waals surface area contributed by atoms with Crippen LogP contribution >= 0.6 is 0 Å². The van der Waals surface area contributed by atoms with Gasteiger partial charge in [-0.2, -0.15) is 0 Å².